The van der Waals surface area contributed by atoms with Crippen LogP contribution >= 0.6 is 23.1 Å². The molecule has 0 N–H and O–H groups in total. The number of halogens is 3. The van der Waals surface area contributed by atoms with Gasteiger partial charge in [0.05, 0.1) is 41.1 Å². The van der Waals surface area contributed by atoms with Crippen LogP contribution in [0.4, 0.5) is 18.9 Å². The van der Waals surface area contributed by atoms with E-state index in [9.17, 15) is 28.0 Å². The molecule has 0 amide bonds. The van der Waals surface area contributed by atoms with Crippen LogP contribution in [0.25, 0.3) is 6.08 Å². The summed E-state index contributed by atoms with van der Waals surface area (Å²) in [6, 6.07) is 14.9. The van der Waals surface area contributed by atoms with Crippen LogP contribution in [0.1, 0.15) is 53.4 Å². The Labute approximate surface area is 288 Å². The number of benzene rings is 2. The predicted octanol–water partition coefficient (Wildman–Crippen LogP) is 5.76. The molecule has 0 bridgehead atoms. The van der Waals surface area contributed by atoms with E-state index in [4.69, 9.17) is 9.47 Å². The van der Waals surface area contributed by atoms with E-state index in [1.807, 2.05) is 49.3 Å². The molecule has 0 saturated carbocycles. The highest BCUT2D eigenvalue weighted by atomic mass is 32.2. The van der Waals surface area contributed by atoms with Crippen molar-refractivity contribution in [1.82, 2.24) is 9.55 Å². The summed E-state index contributed by atoms with van der Waals surface area (Å²) in [5.74, 6) is 0.0609. The lowest BCUT2D eigenvalue weighted by atomic mass is 9.95. The molecular weight excluding hydrogens is 676 g/mol. The number of hydrogen-bond donors (Lipinski definition) is 0. The van der Waals surface area contributed by atoms with Crippen LogP contribution in [0.3, 0.4) is 0 Å². The van der Waals surface area contributed by atoms with E-state index in [2.05, 4.69) is 9.98 Å². The minimum absolute atomic E-state index is 0.0398. The molecule has 0 spiro atoms. The predicted molar refractivity (Wildman–Crippen MR) is 182 cm³/mol. The number of aromatic nitrogens is 2. The lowest BCUT2D eigenvalue weighted by molar-refractivity contribution is -0.141. The second-order valence-corrected chi connectivity index (χ2v) is 13.2. The van der Waals surface area contributed by atoms with Gasteiger partial charge in [0.1, 0.15) is 22.5 Å². The summed E-state index contributed by atoms with van der Waals surface area (Å²) in [7, 11) is 5.31. The van der Waals surface area contributed by atoms with Crippen molar-refractivity contribution in [3.63, 3.8) is 0 Å². The number of hydrogen-bond acceptors (Lipinski definition) is 10. The molecule has 49 heavy (non-hydrogen) atoms. The first-order chi connectivity index (χ1) is 23.3. The number of ether oxygens (including phenoxy) is 2. The summed E-state index contributed by atoms with van der Waals surface area (Å²) in [5, 5.41) is 9.59. The molecule has 254 valence electrons. The van der Waals surface area contributed by atoms with Gasteiger partial charge in [-0.1, -0.05) is 29.5 Å². The molecule has 1 unspecified atom stereocenters. The maximum atomic E-state index is 14.1. The summed E-state index contributed by atoms with van der Waals surface area (Å²) in [6.07, 6.45) is -2.97. The number of rotatable bonds is 9. The van der Waals surface area contributed by atoms with Crippen LogP contribution < -0.4 is 24.5 Å². The number of thioether (sulfide) groups is 1. The molecule has 1 aliphatic rings. The lowest BCUT2D eigenvalue weighted by Gasteiger charge is -2.25. The quantitative estimate of drug-likeness (QED) is 0.160. The highest BCUT2D eigenvalue weighted by Crippen LogP contribution is 2.35. The van der Waals surface area contributed by atoms with Gasteiger partial charge in [0.25, 0.3) is 5.56 Å². The number of anilines is 1. The number of nitrogens with zero attached hydrogens (tertiary/aromatic N) is 5. The summed E-state index contributed by atoms with van der Waals surface area (Å²) in [4.78, 5) is 38.0. The number of aryl methyl sites for hydroxylation is 1. The first-order valence-corrected chi connectivity index (χ1v) is 16.8. The van der Waals surface area contributed by atoms with Crippen LogP contribution in [-0.2, 0) is 21.5 Å². The van der Waals surface area contributed by atoms with E-state index >= 15 is 0 Å². The maximum Gasteiger partial charge on any atom is 0.433 e. The normalized spacial score (nSPS) is 14.6. The average Bonchev–Trinajstić information content (AvgIpc) is 3.36. The number of carbonyl (C=O) groups is 1. The van der Waals surface area contributed by atoms with Gasteiger partial charge in [-0.2, -0.15) is 18.4 Å². The first-order valence-electron chi connectivity index (χ1n) is 15.0. The van der Waals surface area contributed by atoms with Crippen LogP contribution in [0.15, 0.2) is 74.6 Å². The van der Waals surface area contributed by atoms with Crippen molar-refractivity contribution in [3.8, 4) is 11.8 Å². The van der Waals surface area contributed by atoms with Crippen molar-refractivity contribution in [3.05, 3.63) is 113 Å². The van der Waals surface area contributed by atoms with Gasteiger partial charge in [0.2, 0.25) is 0 Å². The Balaban J connectivity index is 1.57. The van der Waals surface area contributed by atoms with Gasteiger partial charge in [-0.3, -0.25) is 9.36 Å². The van der Waals surface area contributed by atoms with Crippen molar-refractivity contribution >= 4 is 40.8 Å². The minimum Gasteiger partial charge on any atom is -0.496 e. The number of nitriles is 1. The number of carbonyl (C=O) groups excluding carboxylic acids is 1. The third-order valence-electron chi connectivity index (χ3n) is 7.79. The van der Waals surface area contributed by atoms with Crippen molar-refractivity contribution in [2.45, 2.75) is 43.8 Å². The van der Waals surface area contributed by atoms with Crippen molar-refractivity contribution in [2.75, 3.05) is 32.7 Å². The van der Waals surface area contributed by atoms with Crippen LogP contribution in [0, 0.1) is 18.3 Å². The average molecular weight is 708 g/mol. The van der Waals surface area contributed by atoms with E-state index in [0.29, 0.717) is 31.9 Å². The molecule has 2 aromatic carbocycles. The maximum absolute atomic E-state index is 14.1. The zero-order chi connectivity index (χ0) is 35.6. The Morgan fingerprint density at radius 1 is 1.16 bits per heavy atom. The van der Waals surface area contributed by atoms with E-state index in [-0.39, 0.29) is 39.6 Å². The molecule has 0 saturated heterocycles. The van der Waals surface area contributed by atoms with Gasteiger partial charge < -0.3 is 14.4 Å². The fraction of sp³-hybridized carbons (Fsp3) is 0.286. The third-order valence-corrected chi connectivity index (χ3v) is 9.80. The van der Waals surface area contributed by atoms with Gasteiger partial charge in [0.15, 0.2) is 4.80 Å². The fourth-order valence-corrected chi connectivity index (χ4v) is 7.47. The number of thiazole rings is 1. The Morgan fingerprint density at radius 3 is 2.49 bits per heavy atom. The zero-order valence-electron chi connectivity index (χ0n) is 27.5. The molecule has 0 radical (unpaired) electrons. The molecule has 1 aliphatic heterocycles. The molecular formula is C35H32F3N5O4S2. The lowest BCUT2D eigenvalue weighted by Crippen LogP contribution is -2.39. The number of alkyl halides is 3. The number of fused-ring (bicyclic) bond motifs is 1. The summed E-state index contributed by atoms with van der Waals surface area (Å²) in [6.45, 7) is 5.03. The Morgan fingerprint density at radius 2 is 1.88 bits per heavy atom. The fourth-order valence-electron chi connectivity index (χ4n) is 5.39. The van der Waals surface area contributed by atoms with E-state index in [0.717, 1.165) is 29.1 Å². The Hall–Kier alpha value is -4.87. The topological polar surface area (TPSA) is 110 Å². The minimum atomic E-state index is -4.67. The van der Waals surface area contributed by atoms with E-state index < -0.39 is 23.9 Å². The van der Waals surface area contributed by atoms with Gasteiger partial charge in [-0.25, -0.2) is 14.8 Å². The number of methoxy groups -OCH3 is 1. The number of pyridine rings is 1. The van der Waals surface area contributed by atoms with E-state index in [1.165, 1.54) is 29.9 Å². The smallest absolute Gasteiger partial charge is 0.433 e. The highest BCUT2D eigenvalue weighted by molar-refractivity contribution is 7.98. The molecule has 5 rings (SSSR count). The zero-order valence-corrected chi connectivity index (χ0v) is 29.1. The second-order valence-electron chi connectivity index (χ2n) is 11.3. The van der Waals surface area contributed by atoms with E-state index in [1.54, 1.807) is 38.1 Å². The molecule has 9 nitrogen and oxygen atoms in total. The molecule has 0 aliphatic carbocycles. The molecule has 1 atom stereocenters. The van der Waals surface area contributed by atoms with Crippen LogP contribution in [-0.4, -0.2) is 43.3 Å². The Kier molecular flexibility index (Phi) is 10.4. The van der Waals surface area contributed by atoms with Crippen LogP contribution in [0.2, 0.25) is 0 Å². The summed E-state index contributed by atoms with van der Waals surface area (Å²) in [5.41, 5.74) is 2.46. The number of allylic oxidation sites excluding steroid dienone is 1. The van der Waals surface area contributed by atoms with Gasteiger partial charge in [-0.05, 0) is 73.9 Å². The van der Waals surface area contributed by atoms with Crippen LogP contribution in [0.5, 0.6) is 5.75 Å². The van der Waals surface area contributed by atoms with Crippen molar-refractivity contribution < 1.29 is 27.4 Å². The third kappa shape index (κ3) is 7.28. The van der Waals surface area contributed by atoms with Crippen molar-refractivity contribution in [2.24, 2.45) is 4.99 Å². The summed E-state index contributed by atoms with van der Waals surface area (Å²) < 4.78 is 53.2. The standard InChI is InChI=1S/C35H32F3N5O4S2/c1-7-47-33(45)29-20(3)40-34-43(30(29)22-9-11-24(12-10-22)42(4)5)32(44)27(49-34)16-21-8-13-26(46-6)23(15-21)18-48-31-25(17-39)19(2)14-28(41-31)35(36,37)38/h8-16,30H,7,18H2,1-6H3/b27-16-. The molecule has 4 aromatic rings. The molecule has 0 fully saturated rings. The van der Waals surface area contributed by atoms with Gasteiger partial charge >= 0.3 is 12.1 Å². The number of esters is 1. The monoisotopic (exact) mass is 707 g/mol. The molecule has 3 heterocycles. The summed E-state index contributed by atoms with van der Waals surface area (Å²) >= 11 is 2.16. The highest BCUT2D eigenvalue weighted by Gasteiger charge is 2.35. The van der Waals surface area contributed by atoms with Gasteiger partial charge in [0, 0.05) is 31.1 Å². The first kappa shape index (κ1) is 35.4. The Bertz CT molecular complexity index is 2180. The second kappa shape index (κ2) is 14.3. The largest absolute Gasteiger partial charge is 0.496 e. The molecule has 14 heteroatoms. The SMILES string of the molecule is CCOC(=O)C1=C(C)N=c2s/c(=C\c3ccc(OC)c(CSc4nc(C(F)(F)F)cc(C)c4C#N)c3)c(=O)n2C1c1ccc(N(C)C)cc1. The van der Waals surface area contributed by atoms with Gasteiger partial charge in [-0.15, -0.1) is 11.8 Å². The van der Waals surface area contributed by atoms with Crippen molar-refractivity contribution in [1.29, 1.82) is 5.26 Å². The molecule has 2 aromatic heterocycles.